The highest BCUT2D eigenvalue weighted by Crippen LogP contribution is 2.31. The molecule has 19 heavy (non-hydrogen) atoms. The summed E-state index contributed by atoms with van der Waals surface area (Å²) in [5, 5.41) is 3.29. The van der Waals surface area contributed by atoms with Crippen LogP contribution in [0.25, 0.3) is 0 Å². The second-order valence-corrected chi connectivity index (χ2v) is 3.93. The number of methoxy groups -OCH3 is 3. The van der Waals surface area contributed by atoms with Crippen LogP contribution in [0.15, 0.2) is 42.5 Å². The number of benzene rings is 2. The average Bonchev–Trinajstić information content (AvgIpc) is 2.47. The van der Waals surface area contributed by atoms with Gasteiger partial charge in [0.05, 0.1) is 27.0 Å². The molecule has 0 bridgehead atoms. The molecule has 0 aromatic heterocycles. The van der Waals surface area contributed by atoms with E-state index < -0.39 is 0 Å². The van der Waals surface area contributed by atoms with Crippen molar-refractivity contribution in [2.24, 2.45) is 0 Å². The van der Waals surface area contributed by atoms with Gasteiger partial charge in [-0.3, -0.25) is 0 Å². The summed E-state index contributed by atoms with van der Waals surface area (Å²) in [5.74, 6) is 2.25. The summed E-state index contributed by atoms with van der Waals surface area (Å²) in [7, 11) is 4.90. The molecule has 2 aromatic carbocycles. The van der Waals surface area contributed by atoms with Gasteiger partial charge in [0.1, 0.15) is 17.2 Å². The summed E-state index contributed by atoms with van der Waals surface area (Å²) in [6, 6.07) is 13.3. The lowest BCUT2D eigenvalue weighted by molar-refractivity contribution is 0.394. The summed E-state index contributed by atoms with van der Waals surface area (Å²) in [6.07, 6.45) is 0. The van der Waals surface area contributed by atoms with Crippen LogP contribution in [0.5, 0.6) is 17.2 Å². The molecule has 1 N–H and O–H groups in total. The van der Waals surface area contributed by atoms with Crippen LogP contribution in [0.4, 0.5) is 11.4 Å². The van der Waals surface area contributed by atoms with Crippen LogP contribution in [-0.2, 0) is 0 Å². The van der Waals surface area contributed by atoms with Crippen molar-refractivity contribution in [3.8, 4) is 17.2 Å². The van der Waals surface area contributed by atoms with Crippen LogP contribution >= 0.6 is 0 Å². The van der Waals surface area contributed by atoms with E-state index in [1.165, 1.54) is 0 Å². The molecular weight excluding hydrogens is 242 g/mol. The van der Waals surface area contributed by atoms with Gasteiger partial charge in [0.2, 0.25) is 0 Å². The Morgan fingerprint density at radius 2 is 1.42 bits per heavy atom. The lowest BCUT2D eigenvalue weighted by Crippen LogP contribution is -1.96. The highest BCUT2D eigenvalue weighted by atomic mass is 16.5. The van der Waals surface area contributed by atoms with Gasteiger partial charge < -0.3 is 19.5 Å². The van der Waals surface area contributed by atoms with Crippen LogP contribution in [0.2, 0.25) is 0 Å². The van der Waals surface area contributed by atoms with E-state index in [1.807, 2.05) is 42.5 Å². The standard InChI is InChI=1S/C15H17NO3/c1-17-12-8-11(9-13(10-12)18-2)16-14-6-4-5-7-15(14)19-3/h4-10,16H,1-3H3. The molecule has 0 aliphatic rings. The molecule has 0 fully saturated rings. The maximum absolute atomic E-state index is 5.31. The van der Waals surface area contributed by atoms with Crippen LogP contribution in [0.1, 0.15) is 0 Å². The van der Waals surface area contributed by atoms with E-state index in [9.17, 15) is 0 Å². The Kier molecular flexibility index (Phi) is 4.13. The van der Waals surface area contributed by atoms with Gasteiger partial charge in [-0.15, -0.1) is 0 Å². The number of para-hydroxylation sites is 2. The van der Waals surface area contributed by atoms with E-state index in [4.69, 9.17) is 14.2 Å². The predicted octanol–water partition coefficient (Wildman–Crippen LogP) is 3.46. The lowest BCUT2D eigenvalue weighted by atomic mass is 10.2. The van der Waals surface area contributed by atoms with Crippen molar-refractivity contribution in [1.82, 2.24) is 0 Å². The van der Waals surface area contributed by atoms with E-state index in [1.54, 1.807) is 21.3 Å². The van der Waals surface area contributed by atoms with Crippen LogP contribution < -0.4 is 19.5 Å². The Labute approximate surface area is 112 Å². The Bertz CT molecular complexity index is 533. The largest absolute Gasteiger partial charge is 0.497 e. The van der Waals surface area contributed by atoms with Gasteiger partial charge in [0, 0.05) is 23.9 Å². The Morgan fingerprint density at radius 3 is 2.00 bits per heavy atom. The molecule has 2 rings (SSSR count). The summed E-state index contributed by atoms with van der Waals surface area (Å²) in [4.78, 5) is 0. The van der Waals surface area contributed by atoms with Crippen LogP contribution in [-0.4, -0.2) is 21.3 Å². The molecule has 0 saturated carbocycles. The maximum Gasteiger partial charge on any atom is 0.142 e. The number of rotatable bonds is 5. The molecule has 0 spiro atoms. The zero-order valence-corrected chi connectivity index (χ0v) is 11.3. The van der Waals surface area contributed by atoms with Gasteiger partial charge in [-0.05, 0) is 12.1 Å². The fourth-order valence-electron chi connectivity index (χ4n) is 1.78. The number of nitrogens with one attached hydrogen (secondary N) is 1. The first-order chi connectivity index (χ1) is 9.26. The quantitative estimate of drug-likeness (QED) is 0.892. The normalized spacial score (nSPS) is 9.84. The van der Waals surface area contributed by atoms with Crippen molar-refractivity contribution in [3.05, 3.63) is 42.5 Å². The van der Waals surface area contributed by atoms with Crippen molar-refractivity contribution >= 4 is 11.4 Å². The summed E-state index contributed by atoms with van der Waals surface area (Å²) in [6.45, 7) is 0. The fraction of sp³-hybridized carbons (Fsp3) is 0.200. The predicted molar refractivity (Wildman–Crippen MR) is 75.8 cm³/mol. The second-order valence-electron chi connectivity index (χ2n) is 3.93. The molecule has 0 aliphatic heterocycles. The molecule has 0 atom stereocenters. The minimum absolute atomic E-state index is 0.733. The zero-order valence-electron chi connectivity index (χ0n) is 11.3. The van der Waals surface area contributed by atoms with Gasteiger partial charge >= 0.3 is 0 Å². The maximum atomic E-state index is 5.31. The van der Waals surface area contributed by atoms with Gasteiger partial charge in [-0.1, -0.05) is 12.1 Å². The highest BCUT2D eigenvalue weighted by Gasteiger charge is 2.05. The minimum atomic E-state index is 0.733. The van der Waals surface area contributed by atoms with Gasteiger partial charge in [-0.25, -0.2) is 0 Å². The van der Waals surface area contributed by atoms with E-state index in [0.717, 1.165) is 28.6 Å². The van der Waals surface area contributed by atoms with Crippen molar-refractivity contribution in [1.29, 1.82) is 0 Å². The molecule has 0 amide bonds. The zero-order chi connectivity index (χ0) is 13.7. The number of hydrogen-bond donors (Lipinski definition) is 1. The third-order valence-corrected chi connectivity index (χ3v) is 2.74. The first kappa shape index (κ1) is 13.1. The third-order valence-electron chi connectivity index (χ3n) is 2.74. The van der Waals surface area contributed by atoms with Gasteiger partial charge in [0.15, 0.2) is 0 Å². The average molecular weight is 259 g/mol. The van der Waals surface area contributed by atoms with E-state index in [0.29, 0.717) is 0 Å². The molecular formula is C15H17NO3. The van der Waals surface area contributed by atoms with Crippen molar-refractivity contribution < 1.29 is 14.2 Å². The summed E-state index contributed by atoms with van der Waals surface area (Å²) < 4.78 is 15.8. The first-order valence-corrected chi connectivity index (χ1v) is 5.90. The lowest BCUT2D eigenvalue weighted by Gasteiger charge is -2.13. The monoisotopic (exact) mass is 259 g/mol. The fourth-order valence-corrected chi connectivity index (χ4v) is 1.78. The number of ether oxygens (including phenoxy) is 3. The Morgan fingerprint density at radius 1 is 0.789 bits per heavy atom. The Hall–Kier alpha value is -2.36. The Balaban J connectivity index is 2.32. The molecule has 0 aliphatic carbocycles. The molecule has 0 radical (unpaired) electrons. The summed E-state index contributed by atoms with van der Waals surface area (Å²) >= 11 is 0. The number of anilines is 2. The number of hydrogen-bond acceptors (Lipinski definition) is 4. The SMILES string of the molecule is COc1cc(Nc2ccccc2OC)cc(OC)c1. The van der Waals surface area contributed by atoms with Crippen molar-refractivity contribution in [2.45, 2.75) is 0 Å². The first-order valence-electron chi connectivity index (χ1n) is 5.90. The van der Waals surface area contributed by atoms with E-state index in [-0.39, 0.29) is 0 Å². The van der Waals surface area contributed by atoms with Crippen LogP contribution in [0, 0.1) is 0 Å². The van der Waals surface area contributed by atoms with Crippen molar-refractivity contribution in [3.63, 3.8) is 0 Å². The molecule has 2 aromatic rings. The van der Waals surface area contributed by atoms with Gasteiger partial charge in [-0.2, -0.15) is 0 Å². The van der Waals surface area contributed by atoms with Crippen molar-refractivity contribution in [2.75, 3.05) is 26.6 Å². The molecule has 0 unspecified atom stereocenters. The second kappa shape index (κ2) is 6.00. The van der Waals surface area contributed by atoms with Gasteiger partial charge in [0.25, 0.3) is 0 Å². The minimum Gasteiger partial charge on any atom is -0.497 e. The smallest absolute Gasteiger partial charge is 0.142 e. The topological polar surface area (TPSA) is 39.7 Å². The van der Waals surface area contributed by atoms with E-state index >= 15 is 0 Å². The molecule has 4 nitrogen and oxygen atoms in total. The molecule has 0 heterocycles. The third kappa shape index (κ3) is 3.10. The summed E-state index contributed by atoms with van der Waals surface area (Å²) in [5.41, 5.74) is 1.76. The highest BCUT2D eigenvalue weighted by molar-refractivity contribution is 5.68. The molecule has 0 saturated heterocycles. The molecule has 100 valence electrons. The molecule has 4 heteroatoms. The van der Waals surface area contributed by atoms with Crippen LogP contribution in [0.3, 0.4) is 0 Å². The van der Waals surface area contributed by atoms with E-state index in [2.05, 4.69) is 5.32 Å².